The van der Waals surface area contributed by atoms with E-state index in [-0.39, 0.29) is 6.61 Å². The van der Waals surface area contributed by atoms with Crippen LogP contribution in [0.4, 0.5) is 0 Å². The molecule has 2 heterocycles. The van der Waals surface area contributed by atoms with Crippen LogP contribution in [0.5, 0.6) is 11.5 Å². The van der Waals surface area contributed by atoms with Gasteiger partial charge in [-0.3, -0.25) is 4.90 Å². The Bertz CT molecular complexity index is 768. The summed E-state index contributed by atoms with van der Waals surface area (Å²) >= 11 is 0. The number of benzene rings is 1. The molecule has 0 bridgehead atoms. The van der Waals surface area contributed by atoms with Gasteiger partial charge in [-0.15, -0.1) is 0 Å². The van der Waals surface area contributed by atoms with Crippen LogP contribution in [0, 0.1) is 0 Å². The van der Waals surface area contributed by atoms with Crippen LogP contribution in [0.25, 0.3) is 11.0 Å². The molecule has 1 unspecified atom stereocenters. The Balaban J connectivity index is 1.64. The summed E-state index contributed by atoms with van der Waals surface area (Å²) in [5.74, 6) is 0.981. The molecule has 0 spiro atoms. The minimum absolute atomic E-state index is 0.144. The van der Waals surface area contributed by atoms with Crippen molar-refractivity contribution in [3.63, 3.8) is 0 Å². The van der Waals surface area contributed by atoms with Gasteiger partial charge in [0, 0.05) is 50.2 Å². The smallest absolute Gasteiger partial charge is 0.336 e. The van der Waals surface area contributed by atoms with Crippen molar-refractivity contribution in [3.05, 3.63) is 34.7 Å². The predicted octanol–water partition coefficient (Wildman–Crippen LogP) is 0.789. The van der Waals surface area contributed by atoms with Gasteiger partial charge >= 0.3 is 5.63 Å². The van der Waals surface area contributed by atoms with Gasteiger partial charge in [-0.25, -0.2) is 4.79 Å². The van der Waals surface area contributed by atoms with Crippen LogP contribution < -0.4 is 15.1 Å². The Morgan fingerprint density at radius 1 is 1.20 bits per heavy atom. The number of rotatable bonds is 6. The average molecular weight is 348 g/mol. The summed E-state index contributed by atoms with van der Waals surface area (Å²) in [6.45, 7) is 4.61. The van der Waals surface area contributed by atoms with E-state index in [1.54, 1.807) is 25.3 Å². The summed E-state index contributed by atoms with van der Waals surface area (Å²) < 4.78 is 16.2. The van der Waals surface area contributed by atoms with E-state index in [1.807, 2.05) is 0 Å². The number of β-amino-alcohol motifs (C(OH)–C–C–N with tert-alkyl or cyclic N) is 1. The molecule has 3 rings (SSSR count). The summed E-state index contributed by atoms with van der Waals surface area (Å²) in [7, 11) is 3.65. The molecule has 1 aliphatic rings. The summed E-state index contributed by atoms with van der Waals surface area (Å²) in [6.07, 6.45) is -0.605. The van der Waals surface area contributed by atoms with E-state index >= 15 is 0 Å². The highest BCUT2D eigenvalue weighted by atomic mass is 16.5. The highest BCUT2D eigenvalue weighted by Gasteiger charge is 2.18. The maximum atomic E-state index is 11.4. The van der Waals surface area contributed by atoms with Crippen molar-refractivity contribution in [3.8, 4) is 11.5 Å². The highest BCUT2D eigenvalue weighted by Crippen LogP contribution is 2.31. The standard InChI is InChI=1S/C18H24N2O5/c1-19-5-7-20(8-6-19)11-14(21)12-24-17-10-15-13(9-16(17)23-2)3-4-18(22)25-15/h3-4,9-10,14,21H,5-8,11-12H2,1-2H3. The SMILES string of the molecule is COc1cc2ccc(=O)oc2cc1OCC(O)CN1CCN(C)CC1. The second-order valence-corrected chi connectivity index (χ2v) is 6.36. The Kier molecular flexibility index (Phi) is 5.57. The lowest BCUT2D eigenvalue weighted by Gasteiger charge is -2.33. The van der Waals surface area contributed by atoms with Crippen LogP contribution in [-0.4, -0.2) is 74.5 Å². The molecule has 0 saturated carbocycles. The molecule has 1 N–H and O–H groups in total. The van der Waals surface area contributed by atoms with Crippen molar-refractivity contribution >= 4 is 11.0 Å². The van der Waals surface area contributed by atoms with E-state index < -0.39 is 11.7 Å². The first-order valence-corrected chi connectivity index (χ1v) is 8.39. The Labute approximate surface area is 146 Å². The van der Waals surface area contributed by atoms with E-state index in [0.29, 0.717) is 23.6 Å². The Morgan fingerprint density at radius 2 is 1.96 bits per heavy atom. The summed E-state index contributed by atoms with van der Waals surface area (Å²) in [5.41, 5.74) is 0.00979. The van der Waals surface area contributed by atoms with Crippen LogP contribution in [0.2, 0.25) is 0 Å². The van der Waals surface area contributed by atoms with Gasteiger partial charge in [-0.2, -0.15) is 0 Å². The van der Waals surface area contributed by atoms with Crippen LogP contribution in [0.1, 0.15) is 0 Å². The first kappa shape index (κ1) is 17.7. The summed E-state index contributed by atoms with van der Waals surface area (Å²) in [6, 6.07) is 6.41. The maximum Gasteiger partial charge on any atom is 0.336 e. The third kappa shape index (κ3) is 4.50. The number of likely N-dealkylation sites (N-methyl/N-ethyl adjacent to an activating group) is 1. The number of methoxy groups -OCH3 is 1. The molecular formula is C18H24N2O5. The predicted molar refractivity (Wildman–Crippen MR) is 94.5 cm³/mol. The highest BCUT2D eigenvalue weighted by molar-refractivity contribution is 5.80. The molecule has 2 aromatic rings. The van der Waals surface area contributed by atoms with E-state index in [1.165, 1.54) is 6.07 Å². The molecule has 7 heteroatoms. The number of piperazine rings is 1. The maximum absolute atomic E-state index is 11.4. The van der Waals surface area contributed by atoms with Crippen molar-refractivity contribution in [1.82, 2.24) is 9.80 Å². The second kappa shape index (κ2) is 7.86. The summed E-state index contributed by atoms with van der Waals surface area (Å²) in [4.78, 5) is 15.9. The van der Waals surface area contributed by atoms with E-state index in [0.717, 1.165) is 31.6 Å². The first-order chi connectivity index (χ1) is 12.0. The number of ether oxygens (including phenoxy) is 2. The van der Waals surface area contributed by atoms with E-state index in [4.69, 9.17) is 13.9 Å². The fourth-order valence-electron chi connectivity index (χ4n) is 2.92. The first-order valence-electron chi connectivity index (χ1n) is 8.39. The van der Waals surface area contributed by atoms with Gasteiger partial charge < -0.3 is 23.9 Å². The quantitative estimate of drug-likeness (QED) is 0.774. The van der Waals surface area contributed by atoms with Gasteiger partial charge in [0.1, 0.15) is 18.3 Å². The zero-order valence-electron chi connectivity index (χ0n) is 14.6. The Hall–Kier alpha value is -2.09. The molecule has 1 aliphatic heterocycles. The molecule has 1 fully saturated rings. The van der Waals surface area contributed by atoms with Crippen molar-refractivity contribution in [1.29, 1.82) is 0 Å². The molecule has 0 radical (unpaired) electrons. The molecule has 0 amide bonds. The molecular weight excluding hydrogens is 324 g/mol. The summed E-state index contributed by atoms with van der Waals surface area (Å²) in [5, 5.41) is 11.0. The van der Waals surface area contributed by atoms with Crippen LogP contribution in [-0.2, 0) is 0 Å². The molecule has 136 valence electrons. The van der Waals surface area contributed by atoms with Crippen molar-refractivity contribution < 1.29 is 19.0 Å². The zero-order chi connectivity index (χ0) is 17.8. The van der Waals surface area contributed by atoms with Crippen LogP contribution in [0.3, 0.4) is 0 Å². The third-order valence-corrected chi connectivity index (χ3v) is 4.40. The van der Waals surface area contributed by atoms with E-state index in [2.05, 4.69) is 16.8 Å². The van der Waals surface area contributed by atoms with Crippen molar-refractivity contribution in [2.45, 2.75) is 6.10 Å². The average Bonchev–Trinajstić information content (AvgIpc) is 2.61. The fourth-order valence-corrected chi connectivity index (χ4v) is 2.92. The number of hydrogen-bond acceptors (Lipinski definition) is 7. The van der Waals surface area contributed by atoms with Crippen molar-refractivity contribution in [2.24, 2.45) is 0 Å². The topological polar surface area (TPSA) is 75.4 Å². The van der Waals surface area contributed by atoms with Crippen molar-refractivity contribution in [2.75, 3.05) is 53.5 Å². The zero-order valence-corrected chi connectivity index (χ0v) is 14.6. The van der Waals surface area contributed by atoms with Gasteiger partial charge in [0.15, 0.2) is 11.5 Å². The second-order valence-electron chi connectivity index (χ2n) is 6.36. The van der Waals surface area contributed by atoms with Gasteiger partial charge in [-0.1, -0.05) is 0 Å². The van der Waals surface area contributed by atoms with Crippen LogP contribution in [0.15, 0.2) is 33.5 Å². The number of aliphatic hydroxyl groups excluding tert-OH is 1. The number of aliphatic hydroxyl groups is 1. The molecule has 1 aromatic carbocycles. The molecule has 1 saturated heterocycles. The molecule has 7 nitrogen and oxygen atoms in total. The van der Waals surface area contributed by atoms with E-state index in [9.17, 15) is 9.90 Å². The minimum Gasteiger partial charge on any atom is -0.493 e. The largest absolute Gasteiger partial charge is 0.493 e. The van der Waals surface area contributed by atoms with Gasteiger partial charge in [0.2, 0.25) is 0 Å². The fraction of sp³-hybridized carbons (Fsp3) is 0.500. The molecule has 1 atom stereocenters. The number of nitrogens with zero attached hydrogens (tertiary/aromatic N) is 2. The van der Waals surface area contributed by atoms with Gasteiger partial charge in [0.25, 0.3) is 0 Å². The normalized spacial score (nSPS) is 17.6. The number of fused-ring (bicyclic) bond motifs is 1. The van der Waals surface area contributed by atoms with Gasteiger partial charge in [0.05, 0.1) is 7.11 Å². The molecule has 25 heavy (non-hydrogen) atoms. The van der Waals surface area contributed by atoms with Gasteiger partial charge in [-0.05, 0) is 19.2 Å². The monoisotopic (exact) mass is 348 g/mol. The lowest BCUT2D eigenvalue weighted by molar-refractivity contribution is 0.0498. The lowest BCUT2D eigenvalue weighted by Crippen LogP contribution is -2.47. The minimum atomic E-state index is -0.605. The Morgan fingerprint density at radius 3 is 2.68 bits per heavy atom. The molecule has 0 aliphatic carbocycles. The molecule has 1 aromatic heterocycles. The number of hydrogen-bond donors (Lipinski definition) is 1. The third-order valence-electron chi connectivity index (χ3n) is 4.40. The lowest BCUT2D eigenvalue weighted by atomic mass is 10.2. The van der Waals surface area contributed by atoms with Crippen LogP contribution >= 0.6 is 0 Å².